The lowest BCUT2D eigenvalue weighted by Crippen LogP contribution is -1.84. The number of benzene rings is 1. The molecule has 2 nitrogen and oxygen atoms in total. The third kappa shape index (κ3) is 1.60. The normalized spacial score (nSPS) is 9.64. The van der Waals surface area contributed by atoms with Crippen molar-refractivity contribution in [3.05, 3.63) is 27.7 Å². The maximum Gasteiger partial charge on any atom is 0.153 e. The van der Waals surface area contributed by atoms with Crippen molar-refractivity contribution in [2.24, 2.45) is 0 Å². The van der Waals surface area contributed by atoms with Gasteiger partial charge in [-0.1, -0.05) is 15.9 Å². The summed E-state index contributed by atoms with van der Waals surface area (Å²) in [5.74, 6) is 0.0116. The fourth-order valence-corrected chi connectivity index (χ4v) is 1.12. The first-order chi connectivity index (χ1) is 5.15. The number of aldehydes is 1. The van der Waals surface area contributed by atoms with Crippen LogP contribution in [0, 0.1) is 6.92 Å². The Labute approximate surface area is 73.0 Å². The summed E-state index contributed by atoms with van der Waals surface area (Å²) in [6, 6.07) is 3.14. The molecule has 0 fully saturated rings. The number of aromatic hydroxyl groups is 1. The Morgan fingerprint density at radius 3 is 2.73 bits per heavy atom. The largest absolute Gasteiger partial charge is 0.507 e. The highest BCUT2D eigenvalue weighted by Gasteiger charge is 2.02. The van der Waals surface area contributed by atoms with Crippen molar-refractivity contribution >= 4 is 22.2 Å². The molecule has 1 aromatic carbocycles. The molecule has 0 unspecified atom stereocenters. The van der Waals surface area contributed by atoms with Gasteiger partial charge >= 0.3 is 0 Å². The second-order valence-corrected chi connectivity index (χ2v) is 3.13. The highest BCUT2D eigenvalue weighted by molar-refractivity contribution is 9.10. The predicted molar refractivity (Wildman–Crippen MR) is 45.9 cm³/mol. The zero-order chi connectivity index (χ0) is 8.43. The maximum atomic E-state index is 10.3. The van der Waals surface area contributed by atoms with Crippen LogP contribution in [0.1, 0.15) is 15.9 Å². The molecule has 0 heterocycles. The SMILES string of the molecule is Cc1cc(C=O)c(O)cc1Br. The van der Waals surface area contributed by atoms with Crippen molar-refractivity contribution in [3.8, 4) is 5.75 Å². The number of phenolic OH excluding ortho intramolecular Hbond substituents is 1. The molecule has 0 aliphatic heterocycles. The second-order valence-electron chi connectivity index (χ2n) is 2.28. The molecule has 1 aromatic rings. The van der Waals surface area contributed by atoms with Crippen LogP contribution in [0.4, 0.5) is 0 Å². The Kier molecular flexibility index (Phi) is 2.29. The summed E-state index contributed by atoms with van der Waals surface area (Å²) in [4.78, 5) is 10.3. The van der Waals surface area contributed by atoms with Gasteiger partial charge in [0.15, 0.2) is 6.29 Å². The summed E-state index contributed by atoms with van der Waals surface area (Å²) in [5, 5.41) is 9.15. The zero-order valence-corrected chi connectivity index (χ0v) is 7.55. The monoisotopic (exact) mass is 214 g/mol. The molecule has 1 rings (SSSR count). The van der Waals surface area contributed by atoms with Crippen molar-refractivity contribution in [2.75, 3.05) is 0 Å². The Balaban J connectivity index is 3.31. The van der Waals surface area contributed by atoms with Gasteiger partial charge in [0.05, 0.1) is 5.56 Å². The maximum absolute atomic E-state index is 10.3. The molecule has 3 heteroatoms. The van der Waals surface area contributed by atoms with Crippen LogP contribution in [0.3, 0.4) is 0 Å². The van der Waals surface area contributed by atoms with Gasteiger partial charge in [-0.2, -0.15) is 0 Å². The summed E-state index contributed by atoms with van der Waals surface area (Å²) >= 11 is 3.23. The van der Waals surface area contributed by atoms with E-state index < -0.39 is 0 Å². The average Bonchev–Trinajstić information content (AvgIpc) is 1.97. The lowest BCUT2D eigenvalue weighted by atomic mass is 10.1. The van der Waals surface area contributed by atoms with E-state index in [1.165, 1.54) is 6.07 Å². The van der Waals surface area contributed by atoms with E-state index in [9.17, 15) is 4.79 Å². The highest BCUT2D eigenvalue weighted by Crippen LogP contribution is 2.24. The summed E-state index contributed by atoms with van der Waals surface area (Å²) in [6.07, 6.45) is 0.634. The summed E-state index contributed by atoms with van der Waals surface area (Å²) < 4.78 is 0.806. The first kappa shape index (κ1) is 8.27. The third-order valence-corrected chi connectivity index (χ3v) is 2.29. The zero-order valence-electron chi connectivity index (χ0n) is 5.97. The van der Waals surface area contributed by atoms with Gasteiger partial charge in [-0.05, 0) is 24.6 Å². The molecule has 0 spiro atoms. The molecule has 11 heavy (non-hydrogen) atoms. The van der Waals surface area contributed by atoms with Crippen LogP contribution in [0.15, 0.2) is 16.6 Å². The standard InChI is InChI=1S/C8H7BrO2/c1-5-2-6(4-10)8(11)3-7(5)9/h2-4,11H,1H3. The number of aryl methyl sites for hydroxylation is 1. The van der Waals surface area contributed by atoms with Gasteiger partial charge in [0, 0.05) is 4.47 Å². The van der Waals surface area contributed by atoms with E-state index in [-0.39, 0.29) is 5.75 Å². The van der Waals surface area contributed by atoms with E-state index >= 15 is 0 Å². The van der Waals surface area contributed by atoms with Gasteiger partial charge < -0.3 is 5.11 Å². The molecule has 0 atom stereocenters. The number of halogens is 1. The second kappa shape index (κ2) is 3.05. The van der Waals surface area contributed by atoms with Crippen molar-refractivity contribution < 1.29 is 9.90 Å². The molecular formula is C8H7BrO2. The Morgan fingerprint density at radius 2 is 2.18 bits per heavy atom. The van der Waals surface area contributed by atoms with Crippen LogP contribution in [-0.2, 0) is 0 Å². The predicted octanol–water partition coefficient (Wildman–Crippen LogP) is 2.28. The number of carbonyl (C=O) groups excluding carboxylic acids is 1. The first-order valence-corrected chi connectivity index (χ1v) is 3.88. The molecule has 0 aromatic heterocycles. The van der Waals surface area contributed by atoms with Crippen LogP contribution in [0.25, 0.3) is 0 Å². The summed E-state index contributed by atoms with van der Waals surface area (Å²) in [6.45, 7) is 1.86. The molecule has 0 bridgehead atoms. The van der Waals surface area contributed by atoms with Gasteiger partial charge in [0.25, 0.3) is 0 Å². The quantitative estimate of drug-likeness (QED) is 0.729. The minimum Gasteiger partial charge on any atom is -0.507 e. The molecule has 0 aliphatic rings. The van der Waals surface area contributed by atoms with E-state index in [1.54, 1.807) is 6.07 Å². The molecule has 0 saturated carbocycles. The number of rotatable bonds is 1. The number of hydrogen-bond donors (Lipinski definition) is 1. The van der Waals surface area contributed by atoms with Crippen molar-refractivity contribution in [1.29, 1.82) is 0 Å². The number of carbonyl (C=O) groups is 1. The topological polar surface area (TPSA) is 37.3 Å². The van der Waals surface area contributed by atoms with Crippen LogP contribution in [-0.4, -0.2) is 11.4 Å². The van der Waals surface area contributed by atoms with Crippen molar-refractivity contribution in [2.45, 2.75) is 6.92 Å². The van der Waals surface area contributed by atoms with Crippen LogP contribution < -0.4 is 0 Å². The Morgan fingerprint density at radius 1 is 1.55 bits per heavy atom. The summed E-state index contributed by atoms with van der Waals surface area (Å²) in [7, 11) is 0. The first-order valence-electron chi connectivity index (χ1n) is 3.09. The third-order valence-electron chi connectivity index (χ3n) is 1.43. The van der Waals surface area contributed by atoms with E-state index in [4.69, 9.17) is 5.11 Å². The van der Waals surface area contributed by atoms with Crippen molar-refractivity contribution in [3.63, 3.8) is 0 Å². The molecule has 0 saturated heterocycles. The van der Waals surface area contributed by atoms with E-state index in [0.29, 0.717) is 11.8 Å². The van der Waals surface area contributed by atoms with E-state index in [2.05, 4.69) is 15.9 Å². The minimum atomic E-state index is 0.0116. The lowest BCUT2D eigenvalue weighted by molar-refractivity contribution is 0.112. The number of hydrogen-bond acceptors (Lipinski definition) is 2. The molecular weight excluding hydrogens is 208 g/mol. The molecule has 0 amide bonds. The fraction of sp³-hybridized carbons (Fsp3) is 0.125. The van der Waals surface area contributed by atoms with Crippen LogP contribution in [0.2, 0.25) is 0 Å². The lowest BCUT2D eigenvalue weighted by Gasteiger charge is -2.00. The minimum absolute atomic E-state index is 0.0116. The van der Waals surface area contributed by atoms with Gasteiger partial charge in [-0.25, -0.2) is 0 Å². The molecule has 0 radical (unpaired) electrons. The van der Waals surface area contributed by atoms with Gasteiger partial charge in [-0.3, -0.25) is 4.79 Å². The van der Waals surface area contributed by atoms with E-state index in [1.807, 2.05) is 6.92 Å². The molecule has 58 valence electrons. The van der Waals surface area contributed by atoms with Crippen LogP contribution >= 0.6 is 15.9 Å². The van der Waals surface area contributed by atoms with Crippen molar-refractivity contribution in [1.82, 2.24) is 0 Å². The average molecular weight is 215 g/mol. The van der Waals surface area contributed by atoms with Gasteiger partial charge in [0.2, 0.25) is 0 Å². The smallest absolute Gasteiger partial charge is 0.153 e. The highest BCUT2D eigenvalue weighted by atomic mass is 79.9. The van der Waals surface area contributed by atoms with E-state index in [0.717, 1.165) is 10.0 Å². The number of phenols is 1. The van der Waals surface area contributed by atoms with Crippen LogP contribution in [0.5, 0.6) is 5.75 Å². The molecule has 0 aliphatic carbocycles. The summed E-state index contributed by atoms with van der Waals surface area (Å²) in [5.41, 5.74) is 1.26. The molecule has 1 N–H and O–H groups in total. The Bertz CT molecular complexity index is 294. The van der Waals surface area contributed by atoms with Gasteiger partial charge in [-0.15, -0.1) is 0 Å². The fourth-order valence-electron chi connectivity index (χ4n) is 0.788. The van der Waals surface area contributed by atoms with Gasteiger partial charge in [0.1, 0.15) is 5.75 Å². The Hall–Kier alpha value is -0.830.